The van der Waals surface area contributed by atoms with Crippen molar-refractivity contribution in [2.24, 2.45) is 40.4 Å². The van der Waals surface area contributed by atoms with Crippen LogP contribution in [0.3, 0.4) is 0 Å². The van der Waals surface area contributed by atoms with Crippen LogP contribution in [0.1, 0.15) is 91.9 Å². The van der Waals surface area contributed by atoms with E-state index in [-0.39, 0.29) is 5.91 Å². The number of carbonyl (C=O) groups excluding carboxylic acids is 1. The second-order valence-corrected chi connectivity index (χ2v) is 12.3. The monoisotopic (exact) mass is 431 g/mol. The van der Waals surface area contributed by atoms with Crippen LogP contribution in [0, 0.1) is 40.4 Å². The number of hydrogen-bond acceptors (Lipinski definition) is 3. The van der Waals surface area contributed by atoms with Crippen molar-refractivity contribution in [2.75, 3.05) is 14.2 Å². The number of carbonyl (C=O) groups is 1. The number of hydroxylamine groups is 2. The van der Waals surface area contributed by atoms with Gasteiger partial charge < -0.3 is 5.11 Å². The topological polar surface area (TPSA) is 49.8 Å². The van der Waals surface area contributed by atoms with Gasteiger partial charge in [-0.15, -0.1) is 0 Å². The van der Waals surface area contributed by atoms with E-state index in [4.69, 9.17) is 4.84 Å². The Hall–Kier alpha value is -0.870. The molecule has 4 nitrogen and oxygen atoms in total. The number of rotatable bonds is 5. The molecule has 0 radical (unpaired) electrons. The fraction of sp³-hybridized carbons (Fsp3) is 0.889. The number of aliphatic hydroxyl groups is 1. The zero-order valence-corrected chi connectivity index (χ0v) is 20.7. The molecule has 4 heteroatoms. The molecule has 0 aromatic heterocycles. The molecule has 8 atom stereocenters. The van der Waals surface area contributed by atoms with Gasteiger partial charge in [0.25, 0.3) is 0 Å². The summed E-state index contributed by atoms with van der Waals surface area (Å²) in [6.07, 6.45) is 13.6. The lowest BCUT2D eigenvalue weighted by Crippen LogP contribution is -2.52. The van der Waals surface area contributed by atoms with Gasteiger partial charge in [0.15, 0.2) is 0 Å². The molecule has 4 rings (SSSR count). The quantitative estimate of drug-likeness (QED) is 0.445. The summed E-state index contributed by atoms with van der Waals surface area (Å²) in [5, 5.41) is 12.0. The molecule has 0 spiro atoms. The molecular formula is C27H45NO3. The third-order valence-corrected chi connectivity index (χ3v) is 10.6. The molecule has 0 aromatic rings. The van der Waals surface area contributed by atoms with Crippen molar-refractivity contribution in [3.8, 4) is 0 Å². The summed E-state index contributed by atoms with van der Waals surface area (Å²) >= 11 is 0. The van der Waals surface area contributed by atoms with Gasteiger partial charge >= 0.3 is 0 Å². The highest BCUT2D eigenvalue weighted by atomic mass is 16.7. The smallest absolute Gasteiger partial charge is 0.245 e. The number of nitrogens with zero attached hydrogens (tertiary/aromatic N) is 1. The molecule has 3 saturated carbocycles. The van der Waals surface area contributed by atoms with Crippen molar-refractivity contribution < 1.29 is 14.7 Å². The van der Waals surface area contributed by atoms with E-state index in [1.54, 1.807) is 19.7 Å². The molecule has 176 valence electrons. The van der Waals surface area contributed by atoms with Crippen LogP contribution >= 0.6 is 0 Å². The summed E-state index contributed by atoms with van der Waals surface area (Å²) in [5.74, 6) is 3.79. The second-order valence-electron chi connectivity index (χ2n) is 12.3. The molecule has 31 heavy (non-hydrogen) atoms. The number of fused-ring (bicyclic) bond motifs is 5. The van der Waals surface area contributed by atoms with E-state index in [1.807, 2.05) is 6.92 Å². The summed E-state index contributed by atoms with van der Waals surface area (Å²) in [5.41, 5.74) is 1.76. The molecule has 0 heterocycles. The fourth-order valence-corrected chi connectivity index (χ4v) is 8.59. The molecule has 0 unspecified atom stereocenters. The lowest BCUT2D eigenvalue weighted by atomic mass is 9.46. The van der Waals surface area contributed by atoms with Crippen molar-refractivity contribution in [1.29, 1.82) is 0 Å². The van der Waals surface area contributed by atoms with Gasteiger partial charge in [-0.1, -0.05) is 32.4 Å². The van der Waals surface area contributed by atoms with Gasteiger partial charge in [0.05, 0.1) is 12.7 Å². The second kappa shape index (κ2) is 8.17. The van der Waals surface area contributed by atoms with Gasteiger partial charge in [-0.05, 0) is 105 Å². The zero-order valence-electron chi connectivity index (χ0n) is 20.7. The van der Waals surface area contributed by atoms with Crippen LogP contribution in [0.25, 0.3) is 0 Å². The Bertz CT molecular complexity index is 730. The maximum Gasteiger partial charge on any atom is 0.245 e. The van der Waals surface area contributed by atoms with Gasteiger partial charge in [-0.2, -0.15) is 0 Å². The Morgan fingerprint density at radius 3 is 2.65 bits per heavy atom. The van der Waals surface area contributed by atoms with E-state index < -0.39 is 5.60 Å². The van der Waals surface area contributed by atoms with E-state index in [0.29, 0.717) is 23.2 Å². The molecule has 4 aliphatic carbocycles. The largest absolute Gasteiger partial charge is 0.390 e. The van der Waals surface area contributed by atoms with E-state index in [9.17, 15) is 9.90 Å². The van der Waals surface area contributed by atoms with E-state index in [2.05, 4.69) is 26.8 Å². The first-order valence-electron chi connectivity index (χ1n) is 12.7. The molecular weight excluding hydrogens is 386 g/mol. The highest BCUT2D eigenvalue weighted by Crippen LogP contribution is 2.67. The molecule has 0 bridgehead atoms. The average molecular weight is 432 g/mol. The minimum absolute atomic E-state index is 0.0869. The maximum absolute atomic E-state index is 12.2. The number of hydrogen-bond donors (Lipinski definition) is 1. The predicted octanol–water partition coefficient (Wildman–Crippen LogP) is 5.75. The standard InChI is InChI=1S/C27H45NO3/c1-18(7-12-24(29)28(5)31-6)21-10-11-22-20-9-8-19-17-25(2,30)15-16-26(19,3)23(20)13-14-27(21,22)4/h8,18,20-23,30H,7,9-17H2,1-6H3/t18-,20+,21-,22+,23+,25+,26+,27-/m1/s1. The fourth-order valence-electron chi connectivity index (χ4n) is 8.59. The van der Waals surface area contributed by atoms with Crippen LogP contribution in [0.4, 0.5) is 0 Å². The third kappa shape index (κ3) is 3.90. The Labute approximate surface area is 189 Å². The Morgan fingerprint density at radius 1 is 1.19 bits per heavy atom. The van der Waals surface area contributed by atoms with E-state index in [1.165, 1.54) is 37.2 Å². The number of allylic oxidation sites excluding steroid dienone is 1. The summed E-state index contributed by atoms with van der Waals surface area (Å²) in [6, 6.07) is 0. The minimum Gasteiger partial charge on any atom is -0.390 e. The number of amides is 1. The van der Waals surface area contributed by atoms with Gasteiger partial charge in [0, 0.05) is 13.5 Å². The first kappa shape index (κ1) is 23.3. The van der Waals surface area contributed by atoms with Crippen LogP contribution in [0.5, 0.6) is 0 Å². The SMILES string of the molecule is CON(C)C(=O)CC[C@@H](C)[C@H]1CC[C@H]2[C@@H]3CC=C4C[C@@](C)(O)CC[C@]4(C)[C@H]3CC[C@]12C. The van der Waals surface area contributed by atoms with Gasteiger partial charge in [-0.25, -0.2) is 5.06 Å². The summed E-state index contributed by atoms with van der Waals surface area (Å²) in [6.45, 7) is 9.50. The molecule has 0 aliphatic heterocycles. The third-order valence-electron chi connectivity index (χ3n) is 10.6. The normalized spacial score (nSPS) is 45.2. The molecule has 0 aromatic carbocycles. The van der Waals surface area contributed by atoms with Crippen LogP contribution in [0.15, 0.2) is 11.6 Å². The van der Waals surface area contributed by atoms with Gasteiger partial charge in [0.1, 0.15) is 0 Å². The Morgan fingerprint density at radius 2 is 1.94 bits per heavy atom. The van der Waals surface area contributed by atoms with Crippen LogP contribution < -0.4 is 0 Å². The molecule has 0 saturated heterocycles. The first-order valence-corrected chi connectivity index (χ1v) is 12.7. The van der Waals surface area contributed by atoms with Gasteiger partial charge in [0.2, 0.25) is 5.91 Å². The summed E-state index contributed by atoms with van der Waals surface area (Å²) in [4.78, 5) is 17.3. The predicted molar refractivity (Wildman–Crippen MR) is 124 cm³/mol. The van der Waals surface area contributed by atoms with Crippen molar-refractivity contribution in [3.63, 3.8) is 0 Å². The average Bonchev–Trinajstić information content (AvgIpc) is 3.08. The highest BCUT2D eigenvalue weighted by Gasteiger charge is 2.59. The summed E-state index contributed by atoms with van der Waals surface area (Å²) < 4.78 is 0. The van der Waals surface area contributed by atoms with Crippen LogP contribution in [-0.4, -0.2) is 35.8 Å². The Balaban J connectivity index is 1.48. The lowest BCUT2D eigenvalue weighted by Gasteiger charge is -2.59. The lowest BCUT2D eigenvalue weighted by molar-refractivity contribution is -0.169. The minimum atomic E-state index is -0.510. The van der Waals surface area contributed by atoms with Crippen molar-refractivity contribution in [3.05, 3.63) is 11.6 Å². The Kier molecular flexibility index (Phi) is 6.14. The van der Waals surface area contributed by atoms with Crippen molar-refractivity contribution >= 4 is 5.91 Å². The van der Waals surface area contributed by atoms with Crippen LogP contribution in [0.2, 0.25) is 0 Å². The summed E-state index contributed by atoms with van der Waals surface area (Å²) in [7, 11) is 3.26. The zero-order chi connectivity index (χ0) is 22.6. The highest BCUT2D eigenvalue weighted by molar-refractivity contribution is 5.74. The molecule has 4 aliphatic rings. The van der Waals surface area contributed by atoms with Crippen LogP contribution in [-0.2, 0) is 9.63 Å². The molecule has 1 N–H and O–H groups in total. The van der Waals surface area contributed by atoms with E-state index in [0.717, 1.165) is 49.4 Å². The maximum atomic E-state index is 12.2. The molecule has 1 amide bonds. The van der Waals surface area contributed by atoms with Crippen molar-refractivity contribution in [2.45, 2.75) is 97.5 Å². The molecule has 3 fully saturated rings. The first-order chi connectivity index (χ1) is 14.5. The van der Waals surface area contributed by atoms with Gasteiger partial charge in [-0.3, -0.25) is 9.63 Å². The van der Waals surface area contributed by atoms with Crippen molar-refractivity contribution in [1.82, 2.24) is 5.06 Å². The van der Waals surface area contributed by atoms with E-state index >= 15 is 0 Å².